The van der Waals surface area contributed by atoms with E-state index in [0.29, 0.717) is 16.7 Å². The zero-order chi connectivity index (χ0) is 24.1. The number of hydrogen-bond donors (Lipinski definition) is 2. The normalized spacial score (nSPS) is 12.8. The Balaban J connectivity index is 2.70. The van der Waals surface area contributed by atoms with Gasteiger partial charge in [0.25, 0.3) is 0 Å². The SMILES string of the molecule is CCOC(=O)C(CC(=O)O)=C(c1ccc(S(=O)(=O)NC(C)(C)C)cc1)c1cccc(C)c1. The van der Waals surface area contributed by atoms with Gasteiger partial charge in [-0.1, -0.05) is 42.0 Å². The standard InChI is InChI=1S/C24H29NO6S/c1-6-31-23(28)20(15-21(26)27)22(18-9-7-8-16(2)14-18)17-10-12-19(13-11-17)32(29,30)25-24(3,4)5/h7-14,25H,6,15H2,1-5H3,(H,26,27). The lowest BCUT2D eigenvalue weighted by Gasteiger charge is -2.20. The van der Waals surface area contributed by atoms with Gasteiger partial charge >= 0.3 is 11.9 Å². The molecule has 0 radical (unpaired) electrons. The lowest BCUT2D eigenvalue weighted by atomic mass is 9.90. The molecule has 2 N–H and O–H groups in total. The van der Waals surface area contributed by atoms with Crippen LogP contribution < -0.4 is 4.72 Å². The van der Waals surface area contributed by atoms with Crippen molar-refractivity contribution in [1.82, 2.24) is 4.72 Å². The first-order valence-corrected chi connectivity index (χ1v) is 11.7. The molecule has 0 aliphatic heterocycles. The van der Waals surface area contributed by atoms with Crippen LogP contribution in [0.1, 0.15) is 50.8 Å². The summed E-state index contributed by atoms with van der Waals surface area (Å²) in [5, 5.41) is 9.43. The first kappa shape index (κ1) is 25.3. The predicted octanol–water partition coefficient (Wildman–Crippen LogP) is 3.91. The highest BCUT2D eigenvalue weighted by molar-refractivity contribution is 7.89. The van der Waals surface area contributed by atoms with Gasteiger partial charge in [0.05, 0.1) is 23.5 Å². The Kier molecular flexibility index (Phi) is 7.98. The smallest absolute Gasteiger partial charge is 0.335 e. The second-order valence-electron chi connectivity index (χ2n) is 8.39. The lowest BCUT2D eigenvalue weighted by Crippen LogP contribution is -2.40. The maximum atomic E-state index is 12.7. The first-order chi connectivity index (χ1) is 14.8. The molecule has 0 aliphatic carbocycles. The van der Waals surface area contributed by atoms with E-state index in [1.165, 1.54) is 12.1 Å². The van der Waals surface area contributed by atoms with Gasteiger partial charge in [0.15, 0.2) is 0 Å². The van der Waals surface area contributed by atoms with E-state index in [1.807, 2.05) is 19.1 Å². The molecule has 8 heteroatoms. The molecule has 0 bridgehead atoms. The van der Waals surface area contributed by atoms with Gasteiger partial charge in [-0.3, -0.25) is 4.79 Å². The molecule has 0 unspecified atom stereocenters. The molecule has 0 saturated heterocycles. The van der Waals surface area contributed by atoms with Crippen LogP contribution in [0.2, 0.25) is 0 Å². The van der Waals surface area contributed by atoms with Crippen LogP contribution in [0.3, 0.4) is 0 Å². The van der Waals surface area contributed by atoms with Gasteiger partial charge in [0, 0.05) is 5.54 Å². The third-order valence-corrected chi connectivity index (χ3v) is 6.13. The fourth-order valence-corrected chi connectivity index (χ4v) is 4.63. The summed E-state index contributed by atoms with van der Waals surface area (Å²) in [7, 11) is -3.75. The van der Waals surface area contributed by atoms with Gasteiger partial charge in [-0.2, -0.15) is 0 Å². The Morgan fingerprint density at radius 3 is 2.16 bits per heavy atom. The van der Waals surface area contributed by atoms with Crippen LogP contribution in [0.25, 0.3) is 5.57 Å². The van der Waals surface area contributed by atoms with Gasteiger partial charge < -0.3 is 9.84 Å². The number of sulfonamides is 1. The summed E-state index contributed by atoms with van der Waals surface area (Å²) in [6.45, 7) is 8.86. The van der Waals surface area contributed by atoms with E-state index in [4.69, 9.17) is 4.74 Å². The quantitative estimate of drug-likeness (QED) is 0.457. The van der Waals surface area contributed by atoms with E-state index in [9.17, 15) is 23.1 Å². The molecule has 0 aromatic heterocycles. The van der Waals surface area contributed by atoms with Crippen LogP contribution in [0.15, 0.2) is 59.0 Å². The summed E-state index contributed by atoms with van der Waals surface area (Å²) in [5.74, 6) is -1.90. The van der Waals surface area contributed by atoms with Crippen molar-refractivity contribution < 1.29 is 27.9 Å². The number of carboxylic acids is 1. The van der Waals surface area contributed by atoms with E-state index in [2.05, 4.69) is 4.72 Å². The lowest BCUT2D eigenvalue weighted by molar-refractivity contribution is -0.142. The average Bonchev–Trinajstić information content (AvgIpc) is 2.66. The molecule has 32 heavy (non-hydrogen) atoms. The number of ether oxygens (including phenoxy) is 1. The summed E-state index contributed by atoms with van der Waals surface area (Å²) in [6.07, 6.45) is -0.534. The van der Waals surface area contributed by atoms with Crippen molar-refractivity contribution in [3.05, 3.63) is 70.8 Å². The average molecular weight is 460 g/mol. The molecule has 2 aromatic carbocycles. The molecule has 0 saturated carbocycles. The second-order valence-corrected chi connectivity index (χ2v) is 10.1. The molecule has 0 spiro atoms. The van der Waals surface area contributed by atoms with Gasteiger partial charge in [-0.25, -0.2) is 17.9 Å². The molecule has 0 atom stereocenters. The van der Waals surface area contributed by atoms with Gasteiger partial charge in [-0.05, 0) is 63.5 Å². The molecular weight excluding hydrogens is 430 g/mol. The van der Waals surface area contributed by atoms with Gasteiger partial charge in [-0.15, -0.1) is 0 Å². The van der Waals surface area contributed by atoms with Crippen LogP contribution >= 0.6 is 0 Å². The Hall–Kier alpha value is -2.97. The molecule has 2 aromatic rings. The summed E-state index contributed by atoms with van der Waals surface area (Å²) >= 11 is 0. The predicted molar refractivity (Wildman–Crippen MR) is 123 cm³/mol. The van der Waals surface area contributed by atoms with Crippen LogP contribution in [-0.4, -0.2) is 37.6 Å². The van der Waals surface area contributed by atoms with E-state index in [1.54, 1.807) is 52.0 Å². The molecule has 0 aliphatic rings. The van der Waals surface area contributed by atoms with Crippen LogP contribution in [0.4, 0.5) is 0 Å². The number of nitrogens with one attached hydrogen (secondary N) is 1. The van der Waals surface area contributed by atoms with Crippen molar-refractivity contribution in [2.45, 2.75) is 51.5 Å². The summed E-state index contributed by atoms with van der Waals surface area (Å²) < 4.78 is 33.0. The zero-order valence-corrected chi connectivity index (χ0v) is 19.7. The third-order valence-electron chi connectivity index (χ3n) is 4.35. The van der Waals surface area contributed by atoms with Crippen LogP contribution in [0, 0.1) is 6.92 Å². The topological polar surface area (TPSA) is 110 Å². The van der Waals surface area contributed by atoms with Crippen LogP contribution in [0.5, 0.6) is 0 Å². The molecule has 172 valence electrons. The Bertz CT molecular complexity index is 1130. The largest absolute Gasteiger partial charge is 0.481 e. The summed E-state index contributed by atoms with van der Waals surface area (Å²) in [5.41, 5.74) is 1.80. The fraction of sp³-hybridized carbons (Fsp3) is 0.333. The highest BCUT2D eigenvalue weighted by Crippen LogP contribution is 2.31. The van der Waals surface area contributed by atoms with E-state index < -0.39 is 33.9 Å². The molecule has 0 amide bonds. The van der Waals surface area contributed by atoms with Crippen LogP contribution in [-0.2, 0) is 24.3 Å². The van der Waals surface area contributed by atoms with Crippen molar-refractivity contribution in [3.8, 4) is 0 Å². The number of benzene rings is 2. The maximum absolute atomic E-state index is 12.7. The number of hydrogen-bond acceptors (Lipinski definition) is 5. The Morgan fingerprint density at radius 1 is 1.03 bits per heavy atom. The van der Waals surface area contributed by atoms with E-state index in [0.717, 1.165) is 5.56 Å². The number of carbonyl (C=O) groups excluding carboxylic acids is 1. The fourth-order valence-electron chi connectivity index (χ4n) is 3.21. The number of rotatable bonds is 8. The first-order valence-electron chi connectivity index (χ1n) is 10.2. The zero-order valence-electron chi connectivity index (χ0n) is 18.9. The van der Waals surface area contributed by atoms with E-state index >= 15 is 0 Å². The summed E-state index contributed by atoms with van der Waals surface area (Å²) in [6, 6.07) is 13.3. The highest BCUT2D eigenvalue weighted by Gasteiger charge is 2.25. The van der Waals surface area contributed by atoms with Crippen molar-refractivity contribution in [1.29, 1.82) is 0 Å². The minimum atomic E-state index is -3.75. The minimum Gasteiger partial charge on any atom is -0.481 e. The van der Waals surface area contributed by atoms with Crippen molar-refractivity contribution >= 4 is 27.5 Å². The molecular formula is C24H29NO6S. The Morgan fingerprint density at radius 2 is 1.66 bits per heavy atom. The van der Waals surface area contributed by atoms with Crippen molar-refractivity contribution in [2.24, 2.45) is 0 Å². The molecule has 2 rings (SSSR count). The monoisotopic (exact) mass is 459 g/mol. The van der Waals surface area contributed by atoms with Crippen molar-refractivity contribution in [3.63, 3.8) is 0 Å². The number of carboxylic acid groups (broad SMARTS) is 1. The Labute approximate surface area is 189 Å². The number of aliphatic carboxylic acids is 1. The second kappa shape index (κ2) is 10.1. The van der Waals surface area contributed by atoms with E-state index in [-0.39, 0.29) is 17.1 Å². The van der Waals surface area contributed by atoms with Gasteiger partial charge in [0.2, 0.25) is 10.0 Å². The minimum absolute atomic E-state index is 0.00614. The summed E-state index contributed by atoms with van der Waals surface area (Å²) in [4.78, 5) is 24.3. The molecule has 0 heterocycles. The highest BCUT2D eigenvalue weighted by atomic mass is 32.2. The number of aryl methyl sites for hydroxylation is 1. The molecule has 7 nitrogen and oxygen atoms in total. The van der Waals surface area contributed by atoms with Crippen molar-refractivity contribution in [2.75, 3.05) is 6.61 Å². The van der Waals surface area contributed by atoms with Gasteiger partial charge in [0.1, 0.15) is 0 Å². The maximum Gasteiger partial charge on any atom is 0.335 e. The number of esters is 1. The number of carbonyl (C=O) groups is 2. The molecule has 0 fully saturated rings. The third kappa shape index (κ3) is 6.77.